The van der Waals surface area contributed by atoms with E-state index in [1.165, 1.54) is 22.6 Å². The molecule has 0 amide bonds. The van der Waals surface area contributed by atoms with Gasteiger partial charge in [-0.3, -0.25) is 4.99 Å². The van der Waals surface area contributed by atoms with E-state index in [1.54, 1.807) is 13.1 Å². The molecule has 0 saturated carbocycles. The quantitative estimate of drug-likeness (QED) is 0.513. The number of benzene rings is 3. The van der Waals surface area contributed by atoms with Crippen LogP contribution < -0.4 is 10.6 Å². The van der Waals surface area contributed by atoms with Crippen LogP contribution in [0.25, 0.3) is 10.8 Å². The standard InChI is InChI=1S/C22H25N3O2S/c1-16-13-17(11-12-21(16)28(3,26)27)14-24-22(23-2)25-15-19-9-6-8-18-7-4-5-10-20(18)19/h4-13H,14-15H2,1-3H3,(H2,23,24,25). The van der Waals surface area contributed by atoms with E-state index in [0.29, 0.717) is 23.9 Å². The maximum absolute atomic E-state index is 11.7. The van der Waals surface area contributed by atoms with Crippen LogP contribution in [-0.4, -0.2) is 27.7 Å². The Bertz CT molecular complexity index is 1120. The van der Waals surface area contributed by atoms with Crippen molar-refractivity contribution in [2.45, 2.75) is 24.9 Å². The molecule has 0 radical (unpaired) electrons. The van der Waals surface area contributed by atoms with Crippen molar-refractivity contribution in [1.82, 2.24) is 10.6 Å². The monoisotopic (exact) mass is 395 g/mol. The maximum Gasteiger partial charge on any atom is 0.191 e. The van der Waals surface area contributed by atoms with Crippen LogP contribution in [0.5, 0.6) is 0 Å². The molecular formula is C22H25N3O2S. The molecule has 146 valence electrons. The number of aryl methyl sites for hydroxylation is 1. The highest BCUT2D eigenvalue weighted by molar-refractivity contribution is 7.90. The molecule has 5 nitrogen and oxygen atoms in total. The van der Waals surface area contributed by atoms with Crippen molar-refractivity contribution in [1.29, 1.82) is 0 Å². The van der Waals surface area contributed by atoms with Crippen LogP contribution in [0, 0.1) is 6.92 Å². The lowest BCUT2D eigenvalue weighted by molar-refractivity contribution is 0.601. The minimum atomic E-state index is -3.20. The molecule has 0 atom stereocenters. The molecule has 28 heavy (non-hydrogen) atoms. The third-order valence-corrected chi connectivity index (χ3v) is 5.91. The molecule has 0 aliphatic rings. The van der Waals surface area contributed by atoms with Crippen LogP contribution in [0.1, 0.15) is 16.7 Å². The molecule has 3 aromatic rings. The Balaban J connectivity index is 1.65. The number of rotatable bonds is 5. The number of sulfone groups is 1. The lowest BCUT2D eigenvalue weighted by Crippen LogP contribution is -2.36. The molecule has 0 unspecified atom stereocenters. The van der Waals surface area contributed by atoms with Crippen LogP contribution in [0.15, 0.2) is 70.6 Å². The number of nitrogens with one attached hydrogen (secondary N) is 2. The number of guanidine groups is 1. The van der Waals surface area contributed by atoms with Gasteiger partial charge >= 0.3 is 0 Å². The number of fused-ring (bicyclic) bond motifs is 1. The second-order valence-electron chi connectivity index (χ2n) is 6.79. The normalized spacial score (nSPS) is 12.2. The summed E-state index contributed by atoms with van der Waals surface area (Å²) in [5.74, 6) is 0.692. The van der Waals surface area contributed by atoms with Gasteiger partial charge in [0.05, 0.1) is 4.90 Å². The molecule has 0 aliphatic heterocycles. The van der Waals surface area contributed by atoms with Crippen molar-refractivity contribution >= 4 is 26.6 Å². The Morgan fingerprint density at radius 3 is 2.39 bits per heavy atom. The molecule has 0 fully saturated rings. The summed E-state index contributed by atoms with van der Waals surface area (Å²) in [6.45, 7) is 3.03. The van der Waals surface area contributed by atoms with Gasteiger partial charge in [-0.1, -0.05) is 54.6 Å². The van der Waals surface area contributed by atoms with Crippen molar-refractivity contribution in [3.63, 3.8) is 0 Å². The predicted octanol–water partition coefficient (Wildman–Crippen LogP) is 3.42. The van der Waals surface area contributed by atoms with Crippen LogP contribution in [0.2, 0.25) is 0 Å². The summed E-state index contributed by atoms with van der Waals surface area (Å²) in [4.78, 5) is 4.65. The summed E-state index contributed by atoms with van der Waals surface area (Å²) < 4.78 is 23.5. The Kier molecular flexibility index (Phi) is 5.99. The fourth-order valence-electron chi connectivity index (χ4n) is 3.27. The van der Waals surface area contributed by atoms with Crippen molar-refractivity contribution in [2.24, 2.45) is 4.99 Å². The van der Waals surface area contributed by atoms with Gasteiger partial charge in [-0.25, -0.2) is 8.42 Å². The van der Waals surface area contributed by atoms with Crippen molar-refractivity contribution < 1.29 is 8.42 Å². The van der Waals surface area contributed by atoms with Crippen molar-refractivity contribution in [3.8, 4) is 0 Å². The molecule has 0 heterocycles. The first kappa shape index (κ1) is 19.9. The molecule has 3 rings (SSSR count). The largest absolute Gasteiger partial charge is 0.352 e. The Hall–Kier alpha value is -2.86. The summed E-state index contributed by atoms with van der Waals surface area (Å²) in [6.07, 6.45) is 1.23. The topological polar surface area (TPSA) is 70.6 Å². The molecule has 0 aromatic heterocycles. The summed E-state index contributed by atoms with van der Waals surface area (Å²) in [5.41, 5.74) is 2.95. The van der Waals surface area contributed by atoms with Gasteiger partial charge in [0.15, 0.2) is 15.8 Å². The first-order valence-corrected chi connectivity index (χ1v) is 11.0. The SMILES string of the molecule is CN=C(NCc1ccc(S(C)(=O)=O)c(C)c1)NCc1cccc2ccccc12. The van der Waals surface area contributed by atoms with Gasteiger partial charge in [0.2, 0.25) is 0 Å². The zero-order valence-electron chi connectivity index (χ0n) is 16.4. The maximum atomic E-state index is 11.7. The van der Waals surface area contributed by atoms with E-state index in [9.17, 15) is 8.42 Å². The zero-order chi connectivity index (χ0) is 20.1. The molecule has 0 bridgehead atoms. The van der Waals surface area contributed by atoms with Gasteiger partial charge in [-0.05, 0) is 40.5 Å². The fourth-order valence-corrected chi connectivity index (χ4v) is 4.23. The summed E-state index contributed by atoms with van der Waals surface area (Å²) >= 11 is 0. The highest BCUT2D eigenvalue weighted by Gasteiger charge is 2.11. The van der Waals surface area contributed by atoms with E-state index in [2.05, 4.69) is 46.0 Å². The number of aliphatic imine (C=N–C) groups is 1. The van der Waals surface area contributed by atoms with Crippen molar-refractivity contribution in [2.75, 3.05) is 13.3 Å². The minimum Gasteiger partial charge on any atom is -0.352 e. The molecule has 0 saturated heterocycles. The van der Waals surface area contributed by atoms with E-state index in [4.69, 9.17) is 0 Å². The third-order valence-electron chi connectivity index (χ3n) is 4.65. The van der Waals surface area contributed by atoms with Crippen LogP contribution in [-0.2, 0) is 22.9 Å². The number of hydrogen-bond acceptors (Lipinski definition) is 3. The number of hydrogen-bond donors (Lipinski definition) is 2. The predicted molar refractivity (Wildman–Crippen MR) is 115 cm³/mol. The third kappa shape index (κ3) is 4.70. The van der Waals surface area contributed by atoms with E-state index in [-0.39, 0.29) is 0 Å². The first-order chi connectivity index (χ1) is 13.4. The first-order valence-electron chi connectivity index (χ1n) is 9.09. The highest BCUT2D eigenvalue weighted by atomic mass is 32.2. The molecule has 2 N–H and O–H groups in total. The van der Waals surface area contributed by atoms with E-state index in [1.807, 2.05) is 31.2 Å². The van der Waals surface area contributed by atoms with E-state index < -0.39 is 9.84 Å². The van der Waals surface area contributed by atoms with E-state index in [0.717, 1.165) is 11.1 Å². The average Bonchev–Trinajstić information content (AvgIpc) is 2.67. The summed E-state index contributed by atoms with van der Waals surface area (Å²) in [7, 11) is -1.47. The highest BCUT2D eigenvalue weighted by Crippen LogP contribution is 2.18. The minimum absolute atomic E-state index is 0.370. The van der Waals surface area contributed by atoms with Crippen LogP contribution in [0.4, 0.5) is 0 Å². The average molecular weight is 396 g/mol. The van der Waals surface area contributed by atoms with Gasteiger partial charge < -0.3 is 10.6 Å². The molecule has 3 aromatic carbocycles. The smallest absolute Gasteiger partial charge is 0.191 e. The number of nitrogens with zero attached hydrogens (tertiary/aromatic N) is 1. The van der Waals surface area contributed by atoms with Crippen LogP contribution in [0.3, 0.4) is 0 Å². The van der Waals surface area contributed by atoms with Gasteiger partial charge in [0.25, 0.3) is 0 Å². The van der Waals surface area contributed by atoms with Crippen molar-refractivity contribution in [3.05, 3.63) is 77.4 Å². The lowest BCUT2D eigenvalue weighted by atomic mass is 10.0. The molecule has 0 spiro atoms. The molecule has 0 aliphatic carbocycles. The summed E-state index contributed by atoms with van der Waals surface area (Å²) in [6, 6.07) is 20.0. The zero-order valence-corrected chi connectivity index (χ0v) is 17.2. The van der Waals surface area contributed by atoms with Crippen LogP contribution >= 0.6 is 0 Å². The molecule has 6 heteroatoms. The fraction of sp³-hybridized carbons (Fsp3) is 0.227. The van der Waals surface area contributed by atoms with Gasteiger partial charge in [-0.2, -0.15) is 0 Å². The summed E-state index contributed by atoms with van der Waals surface area (Å²) in [5, 5.41) is 9.06. The lowest BCUT2D eigenvalue weighted by Gasteiger charge is -2.14. The van der Waals surface area contributed by atoms with Gasteiger partial charge in [-0.15, -0.1) is 0 Å². The Labute approximate surface area is 166 Å². The van der Waals surface area contributed by atoms with E-state index >= 15 is 0 Å². The second kappa shape index (κ2) is 8.44. The Morgan fingerprint density at radius 2 is 1.68 bits per heavy atom. The van der Waals surface area contributed by atoms with Gasteiger partial charge in [0, 0.05) is 26.4 Å². The Morgan fingerprint density at radius 1 is 0.964 bits per heavy atom. The molecular weight excluding hydrogens is 370 g/mol. The van der Waals surface area contributed by atoms with Gasteiger partial charge in [0.1, 0.15) is 0 Å². The second-order valence-corrected chi connectivity index (χ2v) is 8.77.